The summed E-state index contributed by atoms with van der Waals surface area (Å²) in [6, 6.07) is 1.78. The minimum absolute atomic E-state index is 0.256. The van der Waals surface area contributed by atoms with Gasteiger partial charge in [-0.15, -0.1) is 11.3 Å². The van der Waals surface area contributed by atoms with Gasteiger partial charge in [0.1, 0.15) is 0 Å². The van der Waals surface area contributed by atoms with Crippen LogP contribution in [0.2, 0.25) is 4.34 Å². The van der Waals surface area contributed by atoms with Gasteiger partial charge < -0.3 is 9.47 Å². The van der Waals surface area contributed by atoms with Crippen molar-refractivity contribution in [3.63, 3.8) is 0 Å². The number of thiophene rings is 1. The van der Waals surface area contributed by atoms with Gasteiger partial charge in [-0.05, 0) is 35.5 Å². The van der Waals surface area contributed by atoms with Crippen molar-refractivity contribution in [1.82, 2.24) is 0 Å². The molecule has 1 aromatic heterocycles. The lowest BCUT2D eigenvalue weighted by molar-refractivity contribution is -0.359. The molecular weight excluding hydrogens is 250 g/mol. The molecule has 1 aromatic rings. The van der Waals surface area contributed by atoms with Crippen LogP contribution in [0.3, 0.4) is 0 Å². The largest absolute Gasteiger partial charge is 0.320 e. The Morgan fingerprint density at radius 1 is 1.69 bits per heavy atom. The minimum atomic E-state index is -0.579. The van der Waals surface area contributed by atoms with E-state index >= 15 is 0 Å². The molecule has 0 amide bonds. The highest BCUT2D eigenvalue weighted by Gasteiger charge is 2.29. The summed E-state index contributed by atoms with van der Waals surface area (Å²) in [6.07, 6.45) is 0.858. The lowest BCUT2D eigenvalue weighted by Gasteiger charge is -2.33. The lowest BCUT2D eigenvalue weighted by Crippen LogP contribution is -2.39. The summed E-state index contributed by atoms with van der Waals surface area (Å²) < 4.78 is 11.2. The summed E-state index contributed by atoms with van der Waals surface area (Å²) in [5.41, 5.74) is 9.70. The minimum Gasteiger partial charge on any atom is -0.320 e. The Hall–Kier alpha value is -1.04. The van der Waals surface area contributed by atoms with Crippen LogP contribution in [0.1, 0.15) is 12.5 Å². The van der Waals surface area contributed by atoms with Crippen molar-refractivity contribution in [2.45, 2.75) is 19.5 Å². The fraction of sp³-hybridized carbons (Fsp3) is 0.333. The molecule has 2 rings (SSSR count). The quantitative estimate of drug-likeness (QED) is 0.470. The lowest BCUT2D eigenvalue weighted by atomic mass is 10.2. The molecule has 5 nitrogen and oxygen atoms in total. The first-order valence-corrected chi connectivity index (χ1v) is 5.76. The van der Waals surface area contributed by atoms with Crippen molar-refractivity contribution in [3.05, 3.63) is 37.5 Å². The summed E-state index contributed by atoms with van der Waals surface area (Å²) >= 11 is 7.20. The molecule has 0 saturated carbocycles. The molecule has 0 atom stereocenters. The Balaban J connectivity index is 2.19. The summed E-state index contributed by atoms with van der Waals surface area (Å²) in [4.78, 5) is 2.73. The first-order valence-electron chi connectivity index (χ1n) is 4.50. The van der Waals surface area contributed by atoms with Crippen molar-refractivity contribution >= 4 is 29.0 Å². The highest BCUT2D eigenvalue weighted by atomic mass is 35.5. The fourth-order valence-electron chi connectivity index (χ4n) is 1.26. The van der Waals surface area contributed by atoms with Gasteiger partial charge in [0.25, 0.3) is 0 Å². The normalized spacial score (nSPS) is 24.8. The molecule has 0 aliphatic carbocycles. The molecule has 0 bridgehead atoms. The number of halogens is 1. The van der Waals surface area contributed by atoms with Crippen LogP contribution < -0.4 is 0 Å². The van der Waals surface area contributed by atoms with Crippen molar-refractivity contribution in [2.24, 2.45) is 5.11 Å². The van der Waals surface area contributed by atoms with Gasteiger partial charge in [-0.25, -0.2) is 0 Å². The molecule has 16 heavy (non-hydrogen) atoms. The van der Waals surface area contributed by atoms with Crippen LogP contribution in [0.15, 0.2) is 22.3 Å². The van der Waals surface area contributed by atoms with Crippen LogP contribution in [0.25, 0.3) is 16.5 Å². The van der Waals surface area contributed by atoms with Crippen molar-refractivity contribution in [2.75, 3.05) is 0 Å². The third-order valence-electron chi connectivity index (χ3n) is 1.93. The van der Waals surface area contributed by atoms with Crippen LogP contribution >= 0.6 is 22.9 Å². The van der Waals surface area contributed by atoms with E-state index in [4.69, 9.17) is 26.6 Å². The molecule has 1 aliphatic rings. The summed E-state index contributed by atoms with van der Waals surface area (Å²) in [7, 11) is 0. The number of hydrogen-bond acceptors (Lipinski definition) is 4. The average molecular weight is 258 g/mol. The third kappa shape index (κ3) is 2.55. The van der Waals surface area contributed by atoms with Gasteiger partial charge in [0.15, 0.2) is 12.6 Å². The van der Waals surface area contributed by atoms with Crippen LogP contribution in [0.4, 0.5) is 0 Å². The Morgan fingerprint density at radius 2 is 2.44 bits per heavy atom. The maximum absolute atomic E-state index is 8.44. The standard InChI is InChI=1S/C9H8ClN3O2S/c1-5-14-9(15-5)7(12-13-11)2-6-3-8(10)16-4-6/h2-5,9H,1H3/b7-2-. The maximum atomic E-state index is 8.44. The van der Waals surface area contributed by atoms with E-state index in [1.807, 2.05) is 5.38 Å². The number of nitrogens with zero attached hydrogens (tertiary/aromatic N) is 3. The van der Waals surface area contributed by atoms with E-state index < -0.39 is 6.29 Å². The predicted octanol–water partition coefficient (Wildman–Crippen LogP) is 3.77. The van der Waals surface area contributed by atoms with Gasteiger partial charge in [-0.1, -0.05) is 16.7 Å². The van der Waals surface area contributed by atoms with E-state index in [0.29, 0.717) is 10.0 Å². The first kappa shape index (κ1) is 11.4. The van der Waals surface area contributed by atoms with Crippen LogP contribution in [0.5, 0.6) is 0 Å². The zero-order chi connectivity index (χ0) is 11.5. The van der Waals surface area contributed by atoms with E-state index in [-0.39, 0.29) is 6.29 Å². The van der Waals surface area contributed by atoms with Crippen LogP contribution in [-0.4, -0.2) is 12.6 Å². The molecule has 0 aromatic carbocycles. The van der Waals surface area contributed by atoms with E-state index in [1.165, 1.54) is 11.3 Å². The van der Waals surface area contributed by atoms with Gasteiger partial charge in [0.05, 0.1) is 10.0 Å². The summed E-state index contributed by atoms with van der Waals surface area (Å²) in [6.45, 7) is 1.77. The molecule has 0 unspecified atom stereocenters. The molecule has 0 N–H and O–H groups in total. The van der Waals surface area contributed by atoms with Crippen LogP contribution in [0, 0.1) is 0 Å². The van der Waals surface area contributed by atoms with Crippen molar-refractivity contribution < 1.29 is 9.47 Å². The average Bonchev–Trinajstić information content (AvgIpc) is 2.59. The second kappa shape index (κ2) is 4.86. The molecule has 84 valence electrons. The van der Waals surface area contributed by atoms with Gasteiger partial charge in [0.2, 0.25) is 0 Å². The first-order chi connectivity index (χ1) is 7.69. The Morgan fingerprint density at radius 3 is 2.94 bits per heavy atom. The topological polar surface area (TPSA) is 67.2 Å². The van der Waals surface area contributed by atoms with Crippen molar-refractivity contribution in [1.29, 1.82) is 0 Å². The molecule has 1 fully saturated rings. The summed E-state index contributed by atoms with van der Waals surface area (Å²) in [5, 5.41) is 5.40. The van der Waals surface area contributed by atoms with E-state index in [0.717, 1.165) is 5.56 Å². The second-order valence-electron chi connectivity index (χ2n) is 3.11. The van der Waals surface area contributed by atoms with Crippen molar-refractivity contribution in [3.8, 4) is 0 Å². The SMILES string of the molecule is CC1OC(/C(=C/c2csc(Cl)c2)N=[N+]=[N-])O1. The van der Waals surface area contributed by atoms with Gasteiger partial charge in [-0.2, -0.15) is 0 Å². The third-order valence-corrected chi connectivity index (χ3v) is 3.04. The molecule has 0 radical (unpaired) electrons. The molecular formula is C9H8ClN3O2S. The number of ether oxygens (including phenoxy) is 2. The molecule has 7 heteroatoms. The van der Waals surface area contributed by atoms with E-state index in [2.05, 4.69) is 10.0 Å². The molecule has 2 heterocycles. The van der Waals surface area contributed by atoms with E-state index in [1.54, 1.807) is 19.1 Å². The fourth-order valence-corrected chi connectivity index (χ4v) is 2.11. The smallest absolute Gasteiger partial charge is 0.192 e. The molecule has 1 saturated heterocycles. The number of hydrogen-bond donors (Lipinski definition) is 0. The Kier molecular flexibility index (Phi) is 3.48. The molecule has 1 aliphatic heterocycles. The zero-order valence-corrected chi connectivity index (χ0v) is 9.90. The maximum Gasteiger partial charge on any atom is 0.192 e. The highest BCUT2D eigenvalue weighted by Crippen LogP contribution is 2.28. The van der Waals surface area contributed by atoms with Gasteiger partial charge in [0, 0.05) is 4.91 Å². The number of rotatable bonds is 3. The van der Waals surface area contributed by atoms with Gasteiger partial charge >= 0.3 is 0 Å². The van der Waals surface area contributed by atoms with Crippen LogP contribution in [-0.2, 0) is 9.47 Å². The second-order valence-corrected chi connectivity index (χ2v) is 4.66. The Bertz CT molecular complexity index is 461. The summed E-state index contributed by atoms with van der Waals surface area (Å²) in [5.74, 6) is 0. The van der Waals surface area contributed by atoms with Gasteiger partial charge in [-0.3, -0.25) is 0 Å². The van der Waals surface area contributed by atoms with E-state index in [9.17, 15) is 0 Å². The zero-order valence-electron chi connectivity index (χ0n) is 8.33. The predicted molar refractivity (Wildman–Crippen MR) is 61.9 cm³/mol. The molecule has 0 spiro atoms. The monoisotopic (exact) mass is 257 g/mol. The number of azide groups is 1. The highest BCUT2D eigenvalue weighted by molar-refractivity contribution is 7.14. The Labute approximate surface area is 101 Å².